The first-order chi connectivity index (χ1) is 10.2. The third-order valence-electron chi connectivity index (χ3n) is 4.34. The Morgan fingerprint density at radius 3 is 2.71 bits per heavy atom. The second-order valence-corrected chi connectivity index (χ2v) is 6.07. The van der Waals surface area contributed by atoms with Crippen molar-refractivity contribution in [1.29, 1.82) is 0 Å². The predicted octanol–water partition coefficient (Wildman–Crippen LogP) is 3.91. The SMILES string of the molecule is O=C(NC1(CCl)CCCCC1)c1ccnc2ccccc12. The molecule has 0 spiro atoms. The highest BCUT2D eigenvalue weighted by Crippen LogP contribution is 2.30. The van der Waals surface area contributed by atoms with Crippen LogP contribution in [0.5, 0.6) is 0 Å². The smallest absolute Gasteiger partial charge is 0.252 e. The fourth-order valence-corrected chi connectivity index (χ4v) is 3.46. The van der Waals surface area contributed by atoms with Crippen molar-refractivity contribution in [1.82, 2.24) is 10.3 Å². The van der Waals surface area contributed by atoms with Crippen molar-refractivity contribution in [2.24, 2.45) is 0 Å². The van der Waals surface area contributed by atoms with Crippen LogP contribution in [0.15, 0.2) is 36.5 Å². The minimum atomic E-state index is -0.249. The Labute approximate surface area is 129 Å². The van der Waals surface area contributed by atoms with Gasteiger partial charge in [-0.25, -0.2) is 0 Å². The lowest BCUT2D eigenvalue weighted by Gasteiger charge is -2.36. The number of halogens is 1. The zero-order valence-electron chi connectivity index (χ0n) is 11.9. The van der Waals surface area contributed by atoms with Crippen LogP contribution >= 0.6 is 11.6 Å². The quantitative estimate of drug-likeness (QED) is 0.874. The average Bonchev–Trinajstić information content (AvgIpc) is 2.55. The number of pyridine rings is 1. The van der Waals surface area contributed by atoms with Crippen LogP contribution in [0.25, 0.3) is 10.9 Å². The number of rotatable bonds is 3. The summed E-state index contributed by atoms with van der Waals surface area (Å²) in [6, 6.07) is 9.50. The summed E-state index contributed by atoms with van der Waals surface area (Å²) in [4.78, 5) is 17.0. The van der Waals surface area contributed by atoms with Crippen molar-refractivity contribution in [3.05, 3.63) is 42.1 Å². The summed E-state index contributed by atoms with van der Waals surface area (Å²) < 4.78 is 0. The molecule has 1 fully saturated rings. The van der Waals surface area contributed by atoms with Gasteiger partial charge in [0.05, 0.1) is 16.6 Å². The Hall–Kier alpha value is -1.61. The van der Waals surface area contributed by atoms with Crippen molar-refractivity contribution in [2.75, 3.05) is 5.88 Å². The number of carbonyl (C=O) groups excluding carboxylic acids is 1. The normalized spacial score (nSPS) is 17.6. The minimum absolute atomic E-state index is 0.0452. The number of amides is 1. The standard InChI is InChI=1S/C17H19ClN2O/c18-12-17(9-4-1-5-10-17)20-16(21)14-8-11-19-15-7-3-2-6-13(14)15/h2-3,6-8,11H,1,4-5,9-10,12H2,(H,20,21). The summed E-state index contributed by atoms with van der Waals surface area (Å²) in [5.41, 5.74) is 1.27. The molecule has 3 nitrogen and oxygen atoms in total. The summed E-state index contributed by atoms with van der Waals surface area (Å²) in [6.07, 6.45) is 7.10. The molecule has 1 saturated carbocycles. The van der Waals surface area contributed by atoms with E-state index >= 15 is 0 Å². The highest BCUT2D eigenvalue weighted by Gasteiger charge is 2.33. The Morgan fingerprint density at radius 2 is 1.95 bits per heavy atom. The fraction of sp³-hybridized carbons (Fsp3) is 0.412. The number of fused-ring (bicyclic) bond motifs is 1. The molecule has 1 aromatic carbocycles. The molecule has 21 heavy (non-hydrogen) atoms. The number of hydrogen-bond donors (Lipinski definition) is 1. The molecule has 110 valence electrons. The number of alkyl halides is 1. The summed E-state index contributed by atoms with van der Waals surface area (Å²) >= 11 is 6.16. The van der Waals surface area contributed by atoms with Crippen molar-refractivity contribution in [3.8, 4) is 0 Å². The van der Waals surface area contributed by atoms with Gasteiger partial charge < -0.3 is 5.32 Å². The molecule has 0 aliphatic heterocycles. The Kier molecular flexibility index (Phi) is 4.11. The van der Waals surface area contributed by atoms with Crippen LogP contribution in [0.3, 0.4) is 0 Å². The van der Waals surface area contributed by atoms with Crippen LogP contribution in [0.2, 0.25) is 0 Å². The molecule has 4 heteroatoms. The number of nitrogens with zero attached hydrogens (tertiary/aromatic N) is 1. The molecule has 1 heterocycles. The van der Waals surface area contributed by atoms with Crippen molar-refractivity contribution in [2.45, 2.75) is 37.6 Å². The molecule has 0 atom stereocenters. The molecule has 1 N–H and O–H groups in total. The van der Waals surface area contributed by atoms with Crippen LogP contribution in [-0.2, 0) is 0 Å². The van der Waals surface area contributed by atoms with Crippen molar-refractivity contribution in [3.63, 3.8) is 0 Å². The minimum Gasteiger partial charge on any atom is -0.345 e. The van der Waals surface area contributed by atoms with E-state index in [2.05, 4.69) is 10.3 Å². The van der Waals surface area contributed by atoms with Crippen LogP contribution in [0.1, 0.15) is 42.5 Å². The molecule has 1 amide bonds. The van der Waals surface area contributed by atoms with E-state index < -0.39 is 0 Å². The lowest BCUT2D eigenvalue weighted by molar-refractivity contribution is 0.0886. The summed E-state index contributed by atoms with van der Waals surface area (Å²) in [5, 5.41) is 4.08. The molecule has 1 aliphatic carbocycles. The van der Waals surface area contributed by atoms with Gasteiger partial charge in [-0.1, -0.05) is 37.5 Å². The highest BCUT2D eigenvalue weighted by molar-refractivity contribution is 6.19. The maximum absolute atomic E-state index is 12.7. The van der Waals surface area contributed by atoms with Gasteiger partial charge >= 0.3 is 0 Å². The molecule has 0 unspecified atom stereocenters. The van der Waals surface area contributed by atoms with Crippen molar-refractivity contribution >= 4 is 28.4 Å². The Bertz CT molecular complexity index is 645. The molecule has 0 bridgehead atoms. The third kappa shape index (κ3) is 2.88. The van der Waals surface area contributed by atoms with E-state index in [-0.39, 0.29) is 11.4 Å². The molecule has 1 aromatic heterocycles. The van der Waals surface area contributed by atoms with E-state index in [0.717, 1.165) is 36.6 Å². The highest BCUT2D eigenvalue weighted by atomic mass is 35.5. The van der Waals surface area contributed by atoms with E-state index in [1.54, 1.807) is 12.3 Å². The number of hydrogen-bond acceptors (Lipinski definition) is 2. The summed E-state index contributed by atoms with van der Waals surface area (Å²) in [5.74, 6) is 0.429. The second-order valence-electron chi connectivity index (χ2n) is 5.80. The number of carbonyl (C=O) groups is 1. The number of aromatic nitrogens is 1. The molecular formula is C17H19ClN2O. The number of benzene rings is 1. The second kappa shape index (κ2) is 6.02. The van der Waals surface area contributed by atoms with Gasteiger partial charge in [0.15, 0.2) is 0 Å². The first-order valence-corrected chi connectivity index (χ1v) is 8.00. The lowest BCUT2D eigenvalue weighted by atomic mass is 9.83. The van der Waals surface area contributed by atoms with Gasteiger partial charge in [0, 0.05) is 17.5 Å². The molecule has 0 radical (unpaired) electrons. The molecule has 0 saturated heterocycles. The molecule has 2 aromatic rings. The molecular weight excluding hydrogens is 284 g/mol. The van der Waals surface area contributed by atoms with E-state index in [1.165, 1.54) is 6.42 Å². The van der Waals surface area contributed by atoms with Gasteiger partial charge in [0.2, 0.25) is 0 Å². The van der Waals surface area contributed by atoms with Gasteiger partial charge in [0.1, 0.15) is 0 Å². The van der Waals surface area contributed by atoms with Gasteiger partial charge in [-0.05, 0) is 25.0 Å². The predicted molar refractivity (Wildman–Crippen MR) is 85.7 cm³/mol. The van der Waals surface area contributed by atoms with E-state index in [0.29, 0.717) is 11.4 Å². The van der Waals surface area contributed by atoms with Gasteiger partial charge in [-0.15, -0.1) is 11.6 Å². The third-order valence-corrected chi connectivity index (χ3v) is 4.85. The van der Waals surface area contributed by atoms with E-state index in [4.69, 9.17) is 11.6 Å². The molecule has 3 rings (SSSR count). The topological polar surface area (TPSA) is 42.0 Å². The van der Waals surface area contributed by atoms with E-state index in [9.17, 15) is 4.79 Å². The van der Waals surface area contributed by atoms with Crippen LogP contribution < -0.4 is 5.32 Å². The van der Waals surface area contributed by atoms with Gasteiger partial charge in [-0.3, -0.25) is 9.78 Å². The zero-order valence-corrected chi connectivity index (χ0v) is 12.7. The number of para-hydroxylation sites is 1. The monoisotopic (exact) mass is 302 g/mol. The number of nitrogens with one attached hydrogen (secondary N) is 1. The van der Waals surface area contributed by atoms with E-state index in [1.807, 2.05) is 24.3 Å². The maximum atomic E-state index is 12.7. The fourth-order valence-electron chi connectivity index (χ4n) is 3.12. The van der Waals surface area contributed by atoms with Crippen LogP contribution in [0, 0.1) is 0 Å². The Morgan fingerprint density at radius 1 is 1.19 bits per heavy atom. The van der Waals surface area contributed by atoms with Crippen LogP contribution in [-0.4, -0.2) is 22.3 Å². The first-order valence-electron chi connectivity index (χ1n) is 7.46. The zero-order chi connectivity index (χ0) is 14.7. The first kappa shape index (κ1) is 14.3. The average molecular weight is 303 g/mol. The largest absolute Gasteiger partial charge is 0.345 e. The van der Waals surface area contributed by atoms with Crippen molar-refractivity contribution < 1.29 is 4.79 Å². The lowest BCUT2D eigenvalue weighted by Crippen LogP contribution is -2.51. The summed E-state index contributed by atoms with van der Waals surface area (Å²) in [6.45, 7) is 0. The summed E-state index contributed by atoms with van der Waals surface area (Å²) in [7, 11) is 0. The Balaban J connectivity index is 1.90. The molecule has 1 aliphatic rings. The van der Waals surface area contributed by atoms with Crippen LogP contribution in [0.4, 0.5) is 0 Å². The maximum Gasteiger partial charge on any atom is 0.252 e. The van der Waals surface area contributed by atoms with Gasteiger partial charge in [-0.2, -0.15) is 0 Å². The van der Waals surface area contributed by atoms with Gasteiger partial charge in [0.25, 0.3) is 5.91 Å².